The third kappa shape index (κ3) is 5.21. The van der Waals surface area contributed by atoms with Crippen LogP contribution in [-0.4, -0.2) is 18.5 Å². The van der Waals surface area contributed by atoms with Gasteiger partial charge < -0.3 is 10.6 Å². The topological polar surface area (TPSA) is 41.1 Å². The Hall–Kier alpha value is -1.51. The van der Waals surface area contributed by atoms with E-state index in [1.165, 1.54) is 5.56 Å². The number of anilines is 1. The molecule has 0 aliphatic rings. The Morgan fingerprint density at radius 3 is 2.44 bits per heavy atom. The standard InChI is InChI=1S/C15H24N2O/c1-4-12(3)17-15(18)10-11-16-14-8-6-13(5-2)7-9-14/h6-9,12,16H,4-5,10-11H2,1-3H3,(H,17,18). The van der Waals surface area contributed by atoms with E-state index in [4.69, 9.17) is 0 Å². The molecule has 1 amide bonds. The number of aryl methyl sites for hydroxylation is 1. The van der Waals surface area contributed by atoms with Crippen molar-refractivity contribution in [2.24, 2.45) is 0 Å². The van der Waals surface area contributed by atoms with E-state index in [9.17, 15) is 4.79 Å². The first kappa shape index (κ1) is 14.6. The van der Waals surface area contributed by atoms with E-state index in [1.54, 1.807) is 0 Å². The highest BCUT2D eigenvalue weighted by Gasteiger charge is 2.04. The lowest BCUT2D eigenvalue weighted by Crippen LogP contribution is -2.32. The molecule has 0 aromatic heterocycles. The molecule has 0 radical (unpaired) electrons. The fourth-order valence-electron chi connectivity index (χ4n) is 1.63. The third-order valence-corrected chi connectivity index (χ3v) is 3.06. The van der Waals surface area contributed by atoms with E-state index in [2.05, 4.69) is 48.7 Å². The van der Waals surface area contributed by atoms with Gasteiger partial charge in [0, 0.05) is 24.7 Å². The SMILES string of the molecule is CCc1ccc(NCCC(=O)NC(C)CC)cc1. The Labute approximate surface area is 110 Å². The summed E-state index contributed by atoms with van der Waals surface area (Å²) < 4.78 is 0. The quantitative estimate of drug-likeness (QED) is 0.779. The van der Waals surface area contributed by atoms with Gasteiger partial charge in [0.15, 0.2) is 0 Å². The first-order valence-corrected chi connectivity index (χ1v) is 6.77. The molecule has 1 aromatic rings. The van der Waals surface area contributed by atoms with Crippen LogP contribution in [0.15, 0.2) is 24.3 Å². The molecule has 1 unspecified atom stereocenters. The number of carbonyl (C=O) groups is 1. The van der Waals surface area contributed by atoms with Crippen molar-refractivity contribution < 1.29 is 4.79 Å². The Bertz CT molecular complexity index is 359. The van der Waals surface area contributed by atoms with Gasteiger partial charge in [-0.1, -0.05) is 26.0 Å². The minimum Gasteiger partial charge on any atom is -0.385 e. The van der Waals surface area contributed by atoms with Gasteiger partial charge >= 0.3 is 0 Å². The summed E-state index contributed by atoms with van der Waals surface area (Å²) in [7, 11) is 0. The molecule has 0 spiro atoms. The van der Waals surface area contributed by atoms with Gasteiger partial charge in [-0.15, -0.1) is 0 Å². The van der Waals surface area contributed by atoms with Crippen LogP contribution in [0.3, 0.4) is 0 Å². The van der Waals surface area contributed by atoms with Crippen LogP contribution >= 0.6 is 0 Å². The summed E-state index contributed by atoms with van der Waals surface area (Å²) in [6.07, 6.45) is 2.54. The summed E-state index contributed by atoms with van der Waals surface area (Å²) >= 11 is 0. The fraction of sp³-hybridized carbons (Fsp3) is 0.533. The number of nitrogens with one attached hydrogen (secondary N) is 2. The normalized spacial score (nSPS) is 11.9. The van der Waals surface area contributed by atoms with Crippen LogP contribution in [0.4, 0.5) is 5.69 Å². The van der Waals surface area contributed by atoms with Crippen molar-refractivity contribution in [1.29, 1.82) is 0 Å². The van der Waals surface area contributed by atoms with Crippen molar-refractivity contribution in [3.63, 3.8) is 0 Å². The van der Waals surface area contributed by atoms with Crippen molar-refractivity contribution in [3.05, 3.63) is 29.8 Å². The predicted octanol–water partition coefficient (Wildman–Crippen LogP) is 2.97. The highest BCUT2D eigenvalue weighted by Crippen LogP contribution is 2.09. The van der Waals surface area contributed by atoms with Crippen LogP contribution in [0.1, 0.15) is 39.2 Å². The molecule has 0 heterocycles. The molecule has 0 bridgehead atoms. The van der Waals surface area contributed by atoms with Crippen LogP contribution in [0, 0.1) is 0 Å². The fourth-order valence-corrected chi connectivity index (χ4v) is 1.63. The lowest BCUT2D eigenvalue weighted by molar-refractivity contribution is -0.121. The predicted molar refractivity (Wildman–Crippen MR) is 76.8 cm³/mol. The monoisotopic (exact) mass is 248 g/mol. The van der Waals surface area contributed by atoms with Gasteiger partial charge in [0.2, 0.25) is 5.91 Å². The number of amides is 1. The maximum absolute atomic E-state index is 11.6. The van der Waals surface area contributed by atoms with Crippen molar-refractivity contribution in [1.82, 2.24) is 5.32 Å². The summed E-state index contributed by atoms with van der Waals surface area (Å²) in [4.78, 5) is 11.6. The number of benzene rings is 1. The molecular weight excluding hydrogens is 224 g/mol. The first-order chi connectivity index (χ1) is 8.65. The van der Waals surface area contributed by atoms with E-state index in [0.717, 1.165) is 18.5 Å². The second-order valence-corrected chi connectivity index (χ2v) is 4.60. The number of carbonyl (C=O) groups excluding carboxylic acids is 1. The molecule has 0 saturated carbocycles. The molecule has 100 valence electrons. The van der Waals surface area contributed by atoms with Gasteiger partial charge in [0.25, 0.3) is 0 Å². The molecule has 18 heavy (non-hydrogen) atoms. The van der Waals surface area contributed by atoms with Crippen LogP contribution in [0.5, 0.6) is 0 Å². The summed E-state index contributed by atoms with van der Waals surface area (Å²) in [6.45, 7) is 6.91. The molecular formula is C15H24N2O. The molecule has 0 aliphatic carbocycles. The zero-order chi connectivity index (χ0) is 13.4. The molecule has 0 fully saturated rings. The Balaban J connectivity index is 2.26. The second-order valence-electron chi connectivity index (χ2n) is 4.60. The average molecular weight is 248 g/mol. The minimum atomic E-state index is 0.113. The largest absolute Gasteiger partial charge is 0.385 e. The van der Waals surface area contributed by atoms with Crippen LogP contribution in [-0.2, 0) is 11.2 Å². The van der Waals surface area contributed by atoms with Gasteiger partial charge in [-0.05, 0) is 37.5 Å². The molecule has 3 heteroatoms. The van der Waals surface area contributed by atoms with E-state index in [0.29, 0.717) is 13.0 Å². The lowest BCUT2D eigenvalue weighted by atomic mass is 10.1. The Kier molecular flexibility index (Phi) is 6.26. The van der Waals surface area contributed by atoms with Crippen LogP contribution < -0.4 is 10.6 Å². The maximum atomic E-state index is 11.6. The van der Waals surface area contributed by atoms with E-state index >= 15 is 0 Å². The number of hydrogen-bond acceptors (Lipinski definition) is 2. The number of rotatable bonds is 7. The maximum Gasteiger partial charge on any atom is 0.221 e. The van der Waals surface area contributed by atoms with E-state index < -0.39 is 0 Å². The van der Waals surface area contributed by atoms with Crippen molar-refractivity contribution in [3.8, 4) is 0 Å². The van der Waals surface area contributed by atoms with Gasteiger partial charge in [-0.25, -0.2) is 0 Å². The highest BCUT2D eigenvalue weighted by molar-refractivity contribution is 5.76. The minimum absolute atomic E-state index is 0.113. The summed E-state index contributed by atoms with van der Waals surface area (Å²) in [5.74, 6) is 0.113. The first-order valence-electron chi connectivity index (χ1n) is 6.77. The Morgan fingerprint density at radius 2 is 1.89 bits per heavy atom. The second kappa shape index (κ2) is 7.75. The molecule has 1 aromatic carbocycles. The molecule has 1 atom stereocenters. The van der Waals surface area contributed by atoms with E-state index in [-0.39, 0.29) is 11.9 Å². The van der Waals surface area contributed by atoms with Gasteiger partial charge in [0.05, 0.1) is 0 Å². The third-order valence-electron chi connectivity index (χ3n) is 3.06. The van der Waals surface area contributed by atoms with Gasteiger partial charge in [-0.3, -0.25) is 4.79 Å². The molecule has 0 saturated heterocycles. The van der Waals surface area contributed by atoms with Crippen molar-refractivity contribution in [2.75, 3.05) is 11.9 Å². The van der Waals surface area contributed by atoms with Crippen LogP contribution in [0.25, 0.3) is 0 Å². The Morgan fingerprint density at radius 1 is 1.22 bits per heavy atom. The molecule has 0 aliphatic heterocycles. The summed E-state index contributed by atoms with van der Waals surface area (Å²) in [5, 5.41) is 6.21. The molecule has 1 rings (SSSR count). The summed E-state index contributed by atoms with van der Waals surface area (Å²) in [5.41, 5.74) is 2.40. The van der Waals surface area contributed by atoms with Crippen LogP contribution in [0.2, 0.25) is 0 Å². The molecule has 2 N–H and O–H groups in total. The van der Waals surface area contributed by atoms with Gasteiger partial charge in [-0.2, -0.15) is 0 Å². The average Bonchev–Trinajstić information content (AvgIpc) is 2.39. The summed E-state index contributed by atoms with van der Waals surface area (Å²) in [6, 6.07) is 8.61. The zero-order valence-electron chi connectivity index (χ0n) is 11.6. The number of hydrogen-bond donors (Lipinski definition) is 2. The zero-order valence-corrected chi connectivity index (χ0v) is 11.6. The lowest BCUT2D eigenvalue weighted by Gasteiger charge is -2.12. The highest BCUT2D eigenvalue weighted by atomic mass is 16.1. The van der Waals surface area contributed by atoms with E-state index in [1.807, 2.05) is 6.92 Å². The smallest absolute Gasteiger partial charge is 0.221 e. The van der Waals surface area contributed by atoms with Gasteiger partial charge in [0.1, 0.15) is 0 Å². The molecule has 3 nitrogen and oxygen atoms in total. The van der Waals surface area contributed by atoms with Crippen molar-refractivity contribution >= 4 is 11.6 Å². The van der Waals surface area contributed by atoms with Crippen molar-refractivity contribution in [2.45, 2.75) is 46.1 Å².